The summed E-state index contributed by atoms with van der Waals surface area (Å²) >= 11 is -1.01. The topological polar surface area (TPSA) is 95.5 Å². The van der Waals surface area contributed by atoms with E-state index in [9.17, 15) is 19.5 Å². The number of rotatable bonds is 8. The van der Waals surface area contributed by atoms with Crippen LogP contribution in [0.25, 0.3) is 11.1 Å². The molecule has 1 unspecified atom stereocenters. The van der Waals surface area contributed by atoms with Crippen LogP contribution in [0.2, 0.25) is 0 Å². The Morgan fingerprint density at radius 2 is 1.44 bits per heavy atom. The summed E-state index contributed by atoms with van der Waals surface area (Å²) in [6, 6.07) is 19.9. The second-order valence-corrected chi connectivity index (χ2v) is 11.2. The molecule has 3 N–H and O–H groups in total. The number of hydrogen-bond donors (Lipinski definition) is 3. The van der Waals surface area contributed by atoms with Crippen molar-refractivity contribution in [3.05, 3.63) is 83.4 Å². The number of nitrogens with one attached hydrogen (secondary N) is 2. The molecule has 0 radical (unpaired) electrons. The van der Waals surface area contributed by atoms with Gasteiger partial charge in [0.1, 0.15) is 0 Å². The van der Waals surface area contributed by atoms with Crippen molar-refractivity contribution < 1.29 is 19.5 Å². The third-order valence-corrected chi connectivity index (χ3v) is 7.74. The molecule has 6 nitrogen and oxygen atoms in total. The number of aliphatic carboxylic acids is 1. The van der Waals surface area contributed by atoms with E-state index in [1.165, 1.54) is 0 Å². The van der Waals surface area contributed by atoms with Gasteiger partial charge in [-0.25, -0.2) is 4.79 Å². The van der Waals surface area contributed by atoms with Crippen LogP contribution >= 0.6 is 0 Å². The van der Waals surface area contributed by atoms with Crippen LogP contribution in [0.1, 0.15) is 35.3 Å². The van der Waals surface area contributed by atoms with Crippen LogP contribution in [-0.2, 0) is 4.79 Å². The van der Waals surface area contributed by atoms with Gasteiger partial charge in [-0.05, 0) is 0 Å². The molecule has 0 aromatic heterocycles. The van der Waals surface area contributed by atoms with Gasteiger partial charge >= 0.3 is 183 Å². The van der Waals surface area contributed by atoms with Crippen molar-refractivity contribution in [2.45, 2.75) is 33.7 Å². The van der Waals surface area contributed by atoms with Crippen molar-refractivity contribution in [1.29, 1.82) is 0 Å². The molecule has 0 aliphatic carbocycles. The SMILES string of the molecule is Cc1cccc(NC(=O)[AsH]c2ccc(-c3ccc(C(=O)N[C@@H](C(=O)O)C(C)C)cc3)cc2)c1C. The van der Waals surface area contributed by atoms with Gasteiger partial charge in [-0.3, -0.25) is 0 Å². The molecule has 2 amide bonds. The molecule has 176 valence electrons. The maximum absolute atomic E-state index is 12.5. The zero-order valence-corrected chi connectivity index (χ0v) is 21.8. The number of amides is 2. The molecule has 0 saturated carbocycles. The molecule has 0 fully saturated rings. The standard InChI is InChI=1S/C27H29AsN2O4/c1-16(2)24(26(32)33)30-25(31)21-10-8-19(9-11-21)20-12-14-22(15-13-20)28-27(34)29-23-7-5-6-17(3)18(23)4/h5-16,24,28H,1-4H3,(H,29,34)(H,30,31)(H,32,33)/t24-/m1/s1. The van der Waals surface area contributed by atoms with Crippen LogP contribution in [0.5, 0.6) is 0 Å². The van der Waals surface area contributed by atoms with Gasteiger partial charge < -0.3 is 5.11 Å². The summed E-state index contributed by atoms with van der Waals surface area (Å²) in [7, 11) is 0. The molecule has 0 aliphatic rings. The zero-order chi connectivity index (χ0) is 24.8. The first-order valence-corrected chi connectivity index (χ1v) is 13.1. The Balaban J connectivity index is 1.63. The van der Waals surface area contributed by atoms with Crippen molar-refractivity contribution in [3.63, 3.8) is 0 Å². The summed E-state index contributed by atoms with van der Waals surface area (Å²) in [5.74, 6) is -1.68. The third-order valence-electron chi connectivity index (χ3n) is 5.70. The van der Waals surface area contributed by atoms with Crippen molar-refractivity contribution in [2.75, 3.05) is 5.32 Å². The zero-order valence-electron chi connectivity index (χ0n) is 19.7. The number of anilines is 1. The molecule has 0 saturated heterocycles. The van der Waals surface area contributed by atoms with E-state index in [4.69, 9.17) is 0 Å². The average Bonchev–Trinajstić information content (AvgIpc) is 2.80. The molecule has 34 heavy (non-hydrogen) atoms. The number of carbonyl (C=O) groups is 3. The minimum absolute atomic E-state index is 0.0536. The summed E-state index contributed by atoms with van der Waals surface area (Å²) in [4.78, 5) is 36.3. The van der Waals surface area contributed by atoms with Crippen LogP contribution in [-0.4, -0.2) is 43.5 Å². The molecule has 0 spiro atoms. The van der Waals surface area contributed by atoms with Crippen LogP contribution in [0.15, 0.2) is 66.7 Å². The van der Waals surface area contributed by atoms with Crippen LogP contribution in [0.4, 0.5) is 10.5 Å². The Kier molecular flexibility index (Phi) is 8.30. The first kappa shape index (κ1) is 25.3. The van der Waals surface area contributed by atoms with Crippen molar-refractivity contribution in [1.82, 2.24) is 5.32 Å². The second kappa shape index (κ2) is 11.2. The van der Waals surface area contributed by atoms with Gasteiger partial charge in [-0.15, -0.1) is 0 Å². The maximum atomic E-state index is 12.5. The van der Waals surface area contributed by atoms with E-state index >= 15 is 0 Å². The molecular formula is C27H29AsN2O4. The minimum atomic E-state index is -1.05. The molecule has 0 bridgehead atoms. The van der Waals surface area contributed by atoms with Crippen molar-refractivity contribution in [3.8, 4) is 11.1 Å². The van der Waals surface area contributed by atoms with Gasteiger partial charge in [0.25, 0.3) is 0 Å². The van der Waals surface area contributed by atoms with Gasteiger partial charge in [0.2, 0.25) is 0 Å². The fraction of sp³-hybridized carbons (Fsp3) is 0.222. The van der Waals surface area contributed by atoms with E-state index in [1.54, 1.807) is 26.0 Å². The van der Waals surface area contributed by atoms with E-state index in [2.05, 4.69) is 10.6 Å². The predicted molar refractivity (Wildman–Crippen MR) is 137 cm³/mol. The number of carboxylic acid groups (broad SMARTS) is 1. The Morgan fingerprint density at radius 1 is 0.853 bits per heavy atom. The van der Waals surface area contributed by atoms with Crippen molar-refractivity contribution in [2.24, 2.45) is 5.92 Å². The van der Waals surface area contributed by atoms with Crippen LogP contribution in [0.3, 0.4) is 0 Å². The van der Waals surface area contributed by atoms with Crippen LogP contribution in [0, 0.1) is 19.8 Å². The van der Waals surface area contributed by atoms with Gasteiger partial charge in [0, 0.05) is 0 Å². The normalized spacial score (nSPS) is 12.0. The van der Waals surface area contributed by atoms with E-state index in [0.29, 0.717) is 5.56 Å². The fourth-order valence-corrected chi connectivity index (χ4v) is 5.13. The fourth-order valence-electron chi connectivity index (χ4n) is 3.47. The first-order chi connectivity index (χ1) is 16.2. The summed E-state index contributed by atoms with van der Waals surface area (Å²) in [5, 5.41) is 14.9. The van der Waals surface area contributed by atoms with Gasteiger partial charge in [-0.2, -0.15) is 0 Å². The first-order valence-electron chi connectivity index (χ1n) is 11.0. The molecule has 3 aromatic rings. The van der Waals surface area contributed by atoms with E-state index in [1.807, 2.05) is 68.4 Å². The van der Waals surface area contributed by atoms with Gasteiger partial charge in [0.05, 0.1) is 0 Å². The van der Waals surface area contributed by atoms with Gasteiger partial charge in [0.15, 0.2) is 0 Å². The van der Waals surface area contributed by atoms with Gasteiger partial charge in [-0.1, -0.05) is 13.8 Å². The molecular weight excluding hydrogens is 491 g/mol. The molecule has 2 atom stereocenters. The van der Waals surface area contributed by atoms with E-state index in [-0.39, 0.29) is 10.6 Å². The Labute approximate surface area is 206 Å². The van der Waals surface area contributed by atoms with Crippen LogP contribution < -0.4 is 15.0 Å². The molecule has 3 rings (SSSR count). The molecule has 7 heteroatoms. The number of carbonyl (C=O) groups excluding carboxylic acids is 2. The molecule has 3 aromatic carbocycles. The summed E-state index contributed by atoms with van der Waals surface area (Å²) < 4.78 is 1.08. The van der Waals surface area contributed by atoms with Crippen molar-refractivity contribution >= 4 is 42.4 Å². The average molecular weight is 520 g/mol. The van der Waals surface area contributed by atoms with E-state index < -0.39 is 33.7 Å². The number of carboxylic acids is 1. The monoisotopic (exact) mass is 520 g/mol. The number of benzene rings is 3. The molecule has 0 heterocycles. The van der Waals surface area contributed by atoms with E-state index in [0.717, 1.165) is 32.3 Å². The Hall–Kier alpha value is -3.37. The Bertz CT molecular complexity index is 1190. The summed E-state index contributed by atoms with van der Waals surface area (Å²) in [6.45, 7) is 7.53. The third kappa shape index (κ3) is 6.36. The predicted octanol–water partition coefficient (Wildman–Crippen LogP) is 4.10. The number of hydrogen-bond acceptors (Lipinski definition) is 3. The second-order valence-electron chi connectivity index (χ2n) is 8.51. The molecule has 0 aliphatic heterocycles. The summed E-state index contributed by atoms with van der Waals surface area (Å²) in [5.41, 5.74) is 5.40. The Morgan fingerprint density at radius 3 is 2.00 bits per heavy atom. The number of aryl methyl sites for hydroxylation is 1. The summed E-state index contributed by atoms with van der Waals surface area (Å²) in [6.07, 6.45) is 0. The quantitative estimate of drug-likeness (QED) is 0.390.